The zero-order valence-corrected chi connectivity index (χ0v) is 18.1. The molecule has 0 spiro atoms. The number of aryl methyl sites for hydroxylation is 2. The van der Waals surface area contributed by atoms with Crippen molar-refractivity contribution in [1.29, 1.82) is 0 Å². The molecule has 0 aliphatic carbocycles. The highest BCUT2D eigenvalue weighted by atomic mass is 16.5. The quantitative estimate of drug-likeness (QED) is 0.348. The van der Waals surface area contributed by atoms with Crippen molar-refractivity contribution in [2.45, 2.75) is 13.8 Å². The second-order valence-corrected chi connectivity index (χ2v) is 7.52. The smallest absolute Gasteiger partial charge is 0.272 e. The molecule has 4 aromatic rings. The van der Waals surface area contributed by atoms with Crippen LogP contribution in [0, 0.1) is 13.8 Å². The molecule has 0 bridgehead atoms. The van der Waals surface area contributed by atoms with Gasteiger partial charge in [0.25, 0.3) is 5.91 Å². The van der Waals surface area contributed by atoms with Crippen molar-refractivity contribution in [3.63, 3.8) is 0 Å². The predicted octanol–water partition coefficient (Wildman–Crippen LogP) is 5.00. The highest BCUT2D eigenvalue weighted by molar-refractivity contribution is 6.07. The van der Waals surface area contributed by atoms with E-state index in [2.05, 4.69) is 28.7 Å². The minimum absolute atomic E-state index is 0.000991. The maximum atomic E-state index is 13.0. The molecule has 0 atom stereocenters. The Morgan fingerprint density at radius 2 is 1.88 bits per heavy atom. The first-order chi connectivity index (χ1) is 15.5. The number of nitrogens with one attached hydrogen (secondary N) is 1. The average Bonchev–Trinajstić information content (AvgIpc) is 2.80. The summed E-state index contributed by atoms with van der Waals surface area (Å²) < 4.78 is 5.03. The number of para-hydroxylation sites is 1. The summed E-state index contributed by atoms with van der Waals surface area (Å²) in [5.41, 5.74) is 8.36. The van der Waals surface area contributed by atoms with Crippen molar-refractivity contribution in [2.24, 2.45) is 5.10 Å². The molecule has 0 aliphatic heterocycles. The molecule has 3 aromatic carbocycles. The number of hydrazone groups is 1. The fraction of sp³-hybridized carbons (Fsp3) is 0.115. The molecule has 0 saturated carbocycles. The van der Waals surface area contributed by atoms with Crippen LogP contribution in [0.3, 0.4) is 0 Å². The van der Waals surface area contributed by atoms with Crippen molar-refractivity contribution >= 4 is 23.0 Å². The summed E-state index contributed by atoms with van der Waals surface area (Å²) >= 11 is 0. The summed E-state index contributed by atoms with van der Waals surface area (Å²) in [5.74, 6) is 0.0265. The number of pyridine rings is 1. The molecular formula is C26H23N3O3. The van der Waals surface area contributed by atoms with E-state index in [0.717, 1.165) is 33.3 Å². The van der Waals surface area contributed by atoms with E-state index in [4.69, 9.17) is 9.72 Å². The Morgan fingerprint density at radius 3 is 2.66 bits per heavy atom. The number of aromatic nitrogens is 1. The number of benzene rings is 3. The minimum Gasteiger partial charge on any atom is -0.504 e. The van der Waals surface area contributed by atoms with Gasteiger partial charge in [0, 0.05) is 10.9 Å². The Kier molecular flexibility index (Phi) is 5.85. The molecule has 0 aliphatic rings. The van der Waals surface area contributed by atoms with Crippen LogP contribution in [-0.2, 0) is 0 Å². The van der Waals surface area contributed by atoms with Crippen molar-refractivity contribution in [2.75, 3.05) is 7.11 Å². The molecule has 4 rings (SSSR count). The fourth-order valence-electron chi connectivity index (χ4n) is 3.53. The summed E-state index contributed by atoms with van der Waals surface area (Å²) in [6.07, 6.45) is 1.46. The molecule has 32 heavy (non-hydrogen) atoms. The molecule has 0 fully saturated rings. The van der Waals surface area contributed by atoms with Crippen molar-refractivity contribution in [3.8, 4) is 22.8 Å². The van der Waals surface area contributed by atoms with E-state index in [1.165, 1.54) is 19.4 Å². The molecular weight excluding hydrogens is 402 g/mol. The number of carbonyl (C=O) groups excluding carboxylic acids is 1. The number of phenols is 1. The molecule has 6 heteroatoms. The SMILES string of the molecule is COc1ccc(/C=N/NC(=O)c2cc(-c3cc(C)ccc3C)nc3ccccc23)cc1O. The van der Waals surface area contributed by atoms with E-state index in [9.17, 15) is 9.90 Å². The van der Waals surface area contributed by atoms with E-state index >= 15 is 0 Å². The number of aromatic hydroxyl groups is 1. The maximum absolute atomic E-state index is 13.0. The van der Waals surface area contributed by atoms with Gasteiger partial charge < -0.3 is 9.84 Å². The molecule has 1 amide bonds. The lowest BCUT2D eigenvalue weighted by molar-refractivity contribution is 0.0956. The zero-order chi connectivity index (χ0) is 22.7. The highest BCUT2D eigenvalue weighted by Gasteiger charge is 2.14. The third kappa shape index (κ3) is 4.30. The lowest BCUT2D eigenvalue weighted by Crippen LogP contribution is -2.18. The summed E-state index contributed by atoms with van der Waals surface area (Å²) in [4.78, 5) is 17.8. The molecule has 0 saturated heterocycles. The third-order valence-electron chi connectivity index (χ3n) is 5.21. The van der Waals surface area contributed by atoms with E-state index in [1.807, 2.05) is 38.1 Å². The van der Waals surface area contributed by atoms with Crippen LogP contribution in [0.25, 0.3) is 22.2 Å². The summed E-state index contributed by atoms with van der Waals surface area (Å²) in [5, 5.41) is 14.7. The number of hydrogen-bond donors (Lipinski definition) is 2. The number of rotatable bonds is 5. The standard InChI is InChI=1S/C26H23N3O3/c1-16-8-9-17(2)20(12-16)23-14-21(19-6-4-5-7-22(19)28-23)26(31)29-27-15-18-10-11-25(32-3)24(30)13-18/h4-15,30H,1-3H3,(H,29,31)/b27-15+. The highest BCUT2D eigenvalue weighted by Crippen LogP contribution is 2.28. The van der Waals surface area contributed by atoms with Crippen LogP contribution in [0.1, 0.15) is 27.0 Å². The summed E-state index contributed by atoms with van der Waals surface area (Å²) in [6, 6.07) is 20.4. The molecule has 1 heterocycles. The van der Waals surface area contributed by atoms with Crippen molar-refractivity contribution < 1.29 is 14.6 Å². The Balaban J connectivity index is 1.67. The van der Waals surface area contributed by atoms with Gasteiger partial charge in [0.15, 0.2) is 11.5 Å². The Morgan fingerprint density at radius 1 is 1.06 bits per heavy atom. The predicted molar refractivity (Wildman–Crippen MR) is 126 cm³/mol. The van der Waals surface area contributed by atoms with E-state index in [1.54, 1.807) is 18.2 Å². The summed E-state index contributed by atoms with van der Waals surface area (Å²) in [6.45, 7) is 4.06. The van der Waals surface area contributed by atoms with Gasteiger partial charge in [-0.25, -0.2) is 10.4 Å². The number of amides is 1. The first-order valence-corrected chi connectivity index (χ1v) is 10.1. The molecule has 1 aromatic heterocycles. The first-order valence-electron chi connectivity index (χ1n) is 10.1. The van der Waals surface area contributed by atoms with Crippen LogP contribution in [-0.4, -0.2) is 29.3 Å². The van der Waals surface area contributed by atoms with Crippen LogP contribution >= 0.6 is 0 Å². The lowest BCUT2D eigenvalue weighted by atomic mass is 9.99. The molecule has 2 N–H and O–H groups in total. The number of nitrogens with zero attached hydrogens (tertiary/aromatic N) is 2. The van der Waals surface area contributed by atoms with Gasteiger partial charge in [0.05, 0.1) is 30.1 Å². The van der Waals surface area contributed by atoms with Gasteiger partial charge in [-0.2, -0.15) is 5.10 Å². The van der Waals surface area contributed by atoms with Gasteiger partial charge in [-0.15, -0.1) is 0 Å². The number of phenolic OH excluding ortho intramolecular Hbond substituents is 1. The van der Waals surface area contributed by atoms with Crippen molar-refractivity contribution in [1.82, 2.24) is 10.4 Å². The fourth-order valence-corrected chi connectivity index (χ4v) is 3.53. The Labute approximate surface area is 186 Å². The van der Waals surface area contributed by atoms with Crippen LogP contribution in [0.4, 0.5) is 0 Å². The largest absolute Gasteiger partial charge is 0.504 e. The lowest BCUT2D eigenvalue weighted by Gasteiger charge is -2.11. The van der Waals surface area contributed by atoms with Gasteiger partial charge in [0.2, 0.25) is 0 Å². The topological polar surface area (TPSA) is 83.8 Å². The van der Waals surface area contributed by atoms with E-state index in [0.29, 0.717) is 16.9 Å². The second-order valence-electron chi connectivity index (χ2n) is 7.52. The normalized spacial score (nSPS) is 11.1. The number of carbonyl (C=O) groups is 1. The Hall–Kier alpha value is -4.19. The first kappa shape index (κ1) is 21.1. The van der Waals surface area contributed by atoms with Gasteiger partial charge in [-0.3, -0.25) is 4.79 Å². The molecule has 6 nitrogen and oxygen atoms in total. The number of ether oxygens (including phenoxy) is 1. The van der Waals surface area contributed by atoms with Crippen LogP contribution in [0.15, 0.2) is 71.8 Å². The van der Waals surface area contributed by atoms with E-state index in [-0.39, 0.29) is 11.7 Å². The Bertz CT molecular complexity index is 1350. The zero-order valence-electron chi connectivity index (χ0n) is 18.1. The molecule has 160 valence electrons. The van der Waals surface area contributed by atoms with Crippen LogP contribution < -0.4 is 10.2 Å². The minimum atomic E-state index is -0.343. The number of fused-ring (bicyclic) bond motifs is 1. The van der Waals surface area contributed by atoms with Gasteiger partial charge >= 0.3 is 0 Å². The molecule has 0 unspecified atom stereocenters. The third-order valence-corrected chi connectivity index (χ3v) is 5.21. The van der Waals surface area contributed by atoms with Crippen LogP contribution in [0.5, 0.6) is 11.5 Å². The number of hydrogen-bond acceptors (Lipinski definition) is 5. The van der Waals surface area contributed by atoms with Crippen LogP contribution in [0.2, 0.25) is 0 Å². The summed E-state index contributed by atoms with van der Waals surface area (Å²) in [7, 11) is 1.48. The van der Waals surface area contributed by atoms with Gasteiger partial charge in [0.1, 0.15) is 0 Å². The average molecular weight is 425 g/mol. The van der Waals surface area contributed by atoms with Gasteiger partial charge in [-0.1, -0.05) is 35.9 Å². The second kappa shape index (κ2) is 8.89. The van der Waals surface area contributed by atoms with Crippen molar-refractivity contribution in [3.05, 3.63) is 89.0 Å². The maximum Gasteiger partial charge on any atom is 0.272 e. The number of methoxy groups -OCH3 is 1. The molecule has 0 radical (unpaired) electrons. The van der Waals surface area contributed by atoms with Gasteiger partial charge in [-0.05, 0) is 61.4 Å². The monoisotopic (exact) mass is 425 g/mol. The van der Waals surface area contributed by atoms with E-state index < -0.39 is 0 Å².